The predicted octanol–water partition coefficient (Wildman–Crippen LogP) is 3.96. The largest absolute Gasteiger partial charge is 0.356 e. The van der Waals surface area contributed by atoms with Crippen molar-refractivity contribution in [2.24, 2.45) is 0 Å². The van der Waals surface area contributed by atoms with Gasteiger partial charge in [-0.1, -0.05) is 30.3 Å². The van der Waals surface area contributed by atoms with Crippen LogP contribution in [0.2, 0.25) is 0 Å². The third-order valence-electron chi connectivity index (χ3n) is 3.99. The standard InChI is InChI=1S/C17H17N3O2S/c21-20(22)14-8-4-7-13(11-14)18-17(23)19-16-10-3-6-12-5-1-2-9-15(12)16/h1-2,4-5,7-9,11,16H,3,6,10H2,(H2,18,19,23)/t16-/m1/s1. The monoisotopic (exact) mass is 327 g/mol. The van der Waals surface area contributed by atoms with Crippen LogP contribution in [0, 0.1) is 10.1 Å². The van der Waals surface area contributed by atoms with Gasteiger partial charge in [-0.15, -0.1) is 0 Å². The molecular weight excluding hydrogens is 310 g/mol. The van der Waals surface area contributed by atoms with Crippen LogP contribution < -0.4 is 10.6 Å². The van der Waals surface area contributed by atoms with Crippen molar-refractivity contribution in [3.05, 3.63) is 69.8 Å². The number of non-ortho nitro benzene ring substituents is 1. The van der Waals surface area contributed by atoms with E-state index in [2.05, 4.69) is 28.8 Å². The molecule has 5 nitrogen and oxygen atoms in total. The van der Waals surface area contributed by atoms with Gasteiger partial charge < -0.3 is 10.6 Å². The SMILES string of the molecule is O=[N+]([O-])c1cccc(NC(=S)N[C@@H]2CCCc3ccccc32)c1. The molecule has 0 unspecified atom stereocenters. The van der Waals surface area contributed by atoms with Crippen LogP contribution in [0.5, 0.6) is 0 Å². The van der Waals surface area contributed by atoms with Gasteiger partial charge in [0.15, 0.2) is 5.11 Å². The van der Waals surface area contributed by atoms with Crippen LogP contribution in [0.3, 0.4) is 0 Å². The summed E-state index contributed by atoms with van der Waals surface area (Å²) in [6.07, 6.45) is 3.24. The number of anilines is 1. The van der Waals surface area contributed by atoms with Crippen molar-refractivity contribution in [3.8, 4) is 0 Å². The lowest BCUT2D eigenvalue weighted by atomic mass is 9.88. The van der Waals surface area contributed by atoms with Crippen molar-refractivity contribution in [1.82, 2.24) is 5.32 Å². The second kappa shape index (κ2) is 6.75. The van der Waals surface area contributed by atoms with E-state index in [1.807, 2.05) is 6.07 Å². The molecule has 0 amide bonds. The number of aryl methyl sites for hydroxylation is 1. The summed E-state index contributed by atoms with van der Waals surface area (Å²) in [5, 5.41) is 17.7. The number of nitro benzene ring substituents is 1. The van der Waals surface area contributed by atoms with E-state index in [9.17, 15) is 10.1 Å². The van der Waals surface area contributed by atoms with Crippen molar-refractivity contribution >= 4 is 28.7 Å². The van der Waals surface area contributed by atoms with Gasteiger partial charge in [0.2, 0.25) is 0 Å². The summed E-state index contributed by atoms with van der Waals surface area (Å²) in [5.74, 6) is 0. The highest BCUT2D eigenvalue weighted by molar-refractivity contribution is 7.80. The Labute approximate surface area is 139 Å². The number of nitro groups is 1. The van der Waals surface area contributed by atoms with E-state index in [4.69, 9.17) is 12.2 Å². The van der Waals surface area contributed by atoms with Gasteiger partial charge in [0.05, 0.1) is 11.0 Å². The summed E-state index contributed by atoms with van der Waals surface area (Å²) in [5.41, 5.74) is 3.29. The molecule has 2 N–H and O–H groups in total. The molecule has 6 heteroatoms. The van der Waals surface area contributed by atoms with Crippen molar-refractivity contribution in [2.45, 2.75) is 25.3 Å². The zero-order chi connectivity index (χ0) is 16.2. The van der Waals surface area contributed by atoms with Gasteiger partial charge in [-0.2, -0.15) is 0 Å². The molecule has 118 valence electrons. The third kappa shape index (κ3) is 3.65. The molecule has 0 bridgehead atoms. The Bertz CT molecular complexity index is 748. The van der Waals surface area contributed by atoms with Gasteiger partial charge in [0.25, 0.3) is 5.69 Å². The average molecular weight is 327 g/mol. The Morgan fingerprint density at radius 1 is 1.22 bits per heavy atom. The highest BCUT2D eigenvalue weighted by atomic mass is 32.1. The minimum atomic E-state index is -0.418. The summed E-state index contributed by atoms with van der Waals surface area (Å²) >= 11 is 5.36. The van der Waals surface area contributed by atoms with E-state index in [1.165, 1.54) is 23.3 Å². The first-order valence-electron chi connectivity index (χ1n) is 7.53. The minimum absolute atomic E-state index is 0.0424. The molecule has 0 spiro atoms. The van der Waals surface area contributed by atoms with E-state index in [0.29, 0.717) is 10.8 Å². The van der Waals surface area contributed by atoms with Crippen molar-refractivity contribution in [1.29, 1.82) is 0 Å². The number of nitrogens with one attached hydrogen (secondary N) is 2. The first-order chi connectivity index (χ1) is 11.1. The first-order valence-corrected chi connectivity index (χ1v) is 7.94. The maximum Gasteiger partial charge on any atom is 0.271 e. The summed E-state index contributed by atoms with van der Waals surface area (Å²) in [4.78, 5) is 10.4. The van der Waals surface area contributed by atoms with Gasteiger partial charge in [-0.25, -0.2) is 0 Å². The fourth-order valence-electron chi connectivity index (χ4n) is 2.93. The van der Waals surface area contributed by atoms with E-state index < -0.39 is 4.92 Å². The number of thiocarbonyl (C=S) groups is 1. The molecule has 1 aliphatic rings. The highest BCUT2D eigenvalue weighted by Crippen LogP contribution is 2.29. The van der Waals surface area contributed by atoms with Gasteiger partial charge in [0, 0.05) is 17.8 Å². The number of hydrogen-bond acceptors (Lipinski definition) is 3. The van der Waals surface area contributed by atoms with Crippen LogP contribution in [0.4, 0.5) is 11.4 Å². The smallest absolute Gasteiger partial charge is 0.271 e. The molecule has 0 heterocycles. The Morgan fingerprint density at radius 2 is 2.04 bits per heavy atom. The molecule has 3 rings (SSSR count). The predicted molar refractivity (Wildman–Crippen MR) is 94.6 cm³/mol. The van der Waals surface area contributed by atoms with E-state index in [0.717, 1.165) is 19.3 Å². The number of hydrogen-bond donors (Lipinski definition) is 2. The number of rotatable bonds is 3. The van der Waals surface area contributed by atoms with Crippen molar-refractivity contribution in [2.75, 3.05) is 5.32 Å². The van der Waals surface area contributed by atoms with Gasteiger partial charge in [-0.3, -0.25) is 10.1 Å². The number of nitrogens with zero attached hydrogens (tertiary/aromatic N) is 1. The van der Waals surface area contributed by atoms with Crippen LogP contribution in [0.15, 0.2) is 48.5 Å². The fraction of sp³-hybridized carbons (Fsp3) is 0.235. The third-order valence-corrected chi connectivity index (χ3v) is 4.21. The second-order valence-corrected chi connectivity index (χ2v) is 5.96. The minimum Gasteiger partial charge on any atom is -0.356 e. The molecule has 0 saturated heterocycles. The Balaban J connectivity index is 1.69. The van der Waals surface area contributed by atoms with Crippen LogP contribution >= 0.6 is 12.2 Å². The lowest BCUT2D eigenvalue weighted by molar-refractivity contribution is -0.384. The van der Waals surface area contributed by atoms with Crippen LogP contribution in [0.25, 0.3) is 0 Å². The van der Waals surface area contributed by atoms with E-state index in [1.54, 1.807) is 12.1 Å². The fourth-order valence-corrected chi connectivity index (χ4v) is 3.19. The average Bonchev–Trinajstić information content (AvgIpc) is 2.55. The second-order valence-electron chi connectivity index (χ2n) is 5.55. The van der Waals surface area contributed by atoms with Crippen molar-refractivity contribution < 1.29 is 4.92 Å². The van der Waals surface area contributed by atoms with Crippen LogP contribution in [0.1, 0.15) is 30.0 Å². The zero-order valence-electron chi connectivity index (χ0n) is 12.5. The highest BCUT2D eigenvalue weighted by Gasteiger charge is 2.20. The Morgan fingerprint density at radius 3 is 2.87 bits per heavy atom. The molecule has 2 aromatic rings. The summed E-state index contributed by atoms with van der Waals surface area (Å²) < 4.78 is 0. The lowest BCUT2D eigenvalue weighted by Crippen LogP contribution is -2.34. The van der Waals surface area contributed by atoms with Gasteiger partial charge in [0.1, 0.15) is 0 Å². The summed E-state index contributed by atoms with van der Waals surface area (Å²) in [7, 11) is 0. The molecule has 2 aromatic carbocycles. The van der Waals surface area contributed by atoms with Crippen LogP contribution in [-0.2, 0) is 6.42 Å². The normalized spacial score (nSPS) is 16.3. The molecule has 0 saturated carbocycles. The van der Waals surface area contributed by atoms with Gasteiger partial charge in [-0.05, 0) is 48.7 Å². The molecule has 0 radical (unpaired) electrons. The quantitative estimate of drug-likeness (QED) is 0.507. The molecular formula is C17H17N3O2S. The maximum absolute atomic E-state index is 10.8. The first kappa shape index (κ1) is 15.4. The summed E-state index contributed by atoms with van der Waals surface area (Å²) in [6, 6.07) is 14.9. The Hall–Kier alpha value is -2.47. The van der Waals surface area contributed by atoms with Gasteiger partial charge >= 0.3 is 0 Å². The molecule has 1 atom stereocenters. The molecule has 1 aliphatic carbocycles. The van der Waals surface area contributed by atoms with Crippen molar-refractivity contribution in [3.63, 3.8) is 0 Å². The number of benzene rings is 2. The van der Waals surface area contributed by atoms with E-state index >= 15 is 0 Å². The molecule has 0 aromatic heterocycles. The lowest BCUT2D eigenvalue weighted by Gasteiger charge is -2.27. The molecule has 0 aliphatic heterocycles. The zero-order valence-corrected chi connectivity index (χ0v) is 13.3. The van der Waals surface area contributed by atoms with E-state index in [-0.39, 0.29) is 11.7 Å². The topological polar surface area (TPSA) is 67.2 Å². The molecule has 23 heavy (non-hydrogen) atoms. The molecule has 0 fully saturated rings. The maximum atomic E-state index is 10.8. The Kier molecular flexibility index (Phi) is 4.52. The van der Waals surface area contributed by atoms with Crippen LogP contribution in [-0.4, -0.2) is 10.0 Å². The summed E-state index contributed by atoms with van der Waals surface area (Å²) in [6.45, 7) is 0. The number of fused-ring (bicyclic) bond motifs is 1.